The summed E-state index contributed by atoms with van der Waals surface area (Å²) in [5.41, 5.74) is 0.412. The maximum atomic E-state index is 12.0. The lowest BCUT2D eigenvalue weighted by Crippen LogP contribution is -2.31. The Morgan fingerprint density at radius 2 is 2.19 bits per heavy atom. The number of carboxylic acids is 1. The van der Waals surface area contributed by atoms with Crippen LogP contribution in [0.1, 0.15) is 17.7 Å². The first-order chi connectivity index (χ1) is 10.0. The molecule has 6 nitrogen and oxygen atoms in total. The van der Waals surface area contributed by atoms with Gasteiger partial charge in [-0.3, -0.25) is 0 Å². The van der Waals surface area contributed by atoms with Crippen molar-refractivity contribution in [2.75, 3.05) is 7.11 Å². The van der Waals surface area contributed by atoms with Crippen LogP contribution in [0.15, 0.2) is 40.1 Å². The van der Waals surface area contributed by atoms with Gasteiger partial charge in [-0.2, -0.15) is 5.26 Å². The molecule has 1 atom stereocenters. The monoisotopic (exact) mass is 304 g/mol. The third kappa shape index (κ3) is 2.53. The quantitative estimate of drug-likeness (QED) is 0.825. The predicted molar refractivity (Wildman–Crippen MR) is 75.2 cm³/mol. The molecular weight excluding hydrogens is 292 g/mol. The summed E-state index contributed by atoms with van der Waals surface area (Å²) in [5, 5.41) is 23.1. The highest BCUT2D eigenvalue weighted by molar-refractivity contribution is 7.10. The van der Waals surface area contributed by atoms with Gasteiger partial charge < -0.3 is 15.2 Å². The molecule has 0 aromatic carbocycles. The van der Waals surface area contributed by atoms with Crippen molar-refractivity contribution in [3.8, 4) is 6.07 Å². The Bertz CT molecular complexity index is 695. The number of carbonyl (C=O) groups excluding carboxylic acids is 1. The molecule has 0 radical (unpaired) electrons. The van der Waals surface area contributed by atoms with Crippen LogP contribution in [0.3, 0.4) is 0 Å². The van der Waals surface area contributed by atoms with Crippen LogP contribution in [0.2, 0.25) is 0 Å². The molecule has 2 rings (SSSR count). The molecule has 1 aliphatic rings. The van der Waals surface area contributed by atoms with E-state index in [1.165, 1.54) is 18.4 Å². The van der Waals surface area contributed by atoms with Crippen LogP contribution in [-0.2, 0) is 14.3 Å². The molecule has 0 amide bonds. The van der Waals surface area contributed by atoms with Gasteiger partial charge >= 0.3 is 11.9 Å². The lowest BCUT2D eigenvalue weighted by Gasteiger charge is -2.27. The number of nitrogens with zero attached hydrogens (tertiary/aromatic N) is 1. The lowest BCUT2D eigenvalue weighted by atomic mass is 9.84. The van der Waals surface area contributed by atoms with E-state index in [2.05, 4.69) is 5.32 Å². The standard InChI is InChI=1S/C14H12N2O4S/c1-7-10(13(17)18)12(9-4-3-5-21-9)11(14(19)20-2)8(6-15)16-7/h3-5,12,16H,1-2H3,(H,17,18). The van der Waals surface area contributed by atoms with E-state index >= 15 is 0 Å². The molecule has 108 valence electrons. The van der Waals surface area contributed by atoms with Gasteiger partial charge in [0.1, 0.15) is 11.8 Å². The predicted octanol–water partition coefficient (Wildman–Crippen LogP) is 1.74. The van der Waals surface area contributed by atoms with E-state index < -0.39 is 17.9 Å². The number of carboxylic acid groups (broad SMARTS) is 1. The van der Waals surface area contributed by atoms with E-state index in [1.54, 1.807) is 24.4 Å². The Kier molecular flexibility index (Phi) is 4.10. The zero-order valence-electron chi connectivity index (χ0n) is 11.3. The summed E-state index contributed by atoms with van der Waals surface area (Å²) >= 11 is 1.32. The second-order valence-corrected chi connectivity index (χ2v) is 5.29. The number of nitrogens with one attached hydrogen (secondary N) is 1. The number of hydrogen-bond acceptors (Lipinski definition) is 6. The summed E-state index contributed by atoms with van der Waals surface area (Å²) in [6, 6.07) is 5.39. The number of esters is 1. The average Bonchev–Trinajstić information content (AvgIpc) is 2.98. The third-order valence-electron chi connectivity index (χ3n) is 3.14. The highest BCUT2D eigenvalue weighted by Gasteiger charge is 2.38. The van der Waals surface area contributed by atoms with Crippen LogP contribution >= 0.6 is 11.3 Å². The largest absolute Gasteiger partial charge is 0.478 e. The van der Waals surface area contributed by atoms with Gasteiger partial charge in [0.05, 0.1) is 24.2 Å². The van der Waals surface area contributed by atoms with Crippen molar-refractivity contribution in [1.29, 1.82) is 5.26 Å². The fourth-order valence-electron chi connectivity index (χ4n) is 2.27. The van der Waals surface area contributed by atoms with Crippen LogP contribution in [-0.4, -0.2) is 24.2 Å². The number of rotatable bonds is 3. The van der Waals surface area contributed by atoms with Gasteiger partial charge in [0.15, 0.2) is 0 Å². The van der Waals surface area contributed by atoms with Crippen LogP contribution in [0.5, 0.6) is 0 Å². The molecule has 1 unspecified atom stereocenters. The van der Waals surface area contributed by atoms with E-state index in [0.29, 0.717) is 10.6 Å². The minimum atomic E-state index is -1.14. The molecule has 0 bridgehead atoms. The molecule has 0 spiro atoms. The normalized spacial score (nSPS) is 18.0. The second kappa shape index (κ2) is 5.81. The first-order valence-corrected chi connectivity index (χ1v) is 6.86. The van der Waals surface area contributed by atoms with Crippen molar-refractivity contribution in [2.45, 2.75) is 12.8 Å². The van der Waals surface area contributed by atoms with Gasteiger partial charge in [0.25, 0.3) is 0 Å². The highest BCUT2D eigenvalue weighted by atomic mass is 32.1. The van der Waals surface area contributed by atoms with Gasteiger partial charge in [-0.25, -0.2) is 9.59 Å². The van der Waals surface area contributed by atoms with Crippen molar-refractivity contribution in [3.63, 3.8) is 0 Å². The van der Waals surface area contributed by atoms with Crippen molar-refractivity contribution in [1.82, 2.24) is 5.32 Å². The molecule has 0 fully saturated rings. The number of aliphatic carboxylic acids is 1. The smallest absolute Gasteiger partial charge is 0.337 e. The lowest BCUT2D eigenvalue weighted by molar-refractivity contribution is -0.136. The molecule has 0 aliphatic carbocycles. The van der Waals surface area contributed by atoms with Crippen molar-refractivity contribution in [2.24, 2.45) is 0 Å². The van der Waals surface area contributed by atoms with E-state index in [1.807, 2.05) is 6.07 Å². The number of carbonyl (C=O) groups is 2. The summed E-state index contributed by atoms with van der Waals surface area (Å²) in [6.45, 7) is 1.56. The molecule has 2 heterocycles. The zero-order valence-corrected chi connectivity index (χ0v) is 12.2. The molecule has 0 saturated heterocycles. The molecule has 7 heteroatoms. The number of thiophene rings is 1. The fourth-order valence-corrected chi connectivity index (χ4v) is 3.11. The molecule has 2 N–H and O–H groups in total. The summed E-state index contributed by atoms with van der Waals surface area (Å²) in [7, 11) is 1.20. The SMILES string of the molecule is COC(=O)C1=C(C#N)NC(C)=C(C(=O)O)C1c1cccs1. The number of dihydropyridines is 1. The van der Waals surface area contributed by atoms with Crippen molar-refractivity contribution >= 4 is 23.3 Å². The number of allylic oxidation sites excluding steroid dienone is 2. The Morgan fingerprint density at radius 1 is 1.48 bits per heavy atom. The Hall–Kier alpha value is -2.59. The fraction of sp³-hybridized carbons (Fsp3) is 0.214. The summed E-state index contributed by atoms with van der Waals surface area (Å²) in [6.07, 6.45) is 0. The van der Waals surface area contributed by atoms with E-state index in [-0.39, 0.29) is 16.8 Å². The van der Waals surface area contributed by atoms with Gasteiger partial charge in [-0.05, 0) is 18.4 Å². The summed E-state index contributed by atoms with van der Waals surface area (Å²) < 4.78 is 4.71. The van der Waals surface area contributed by atoms with Gasteiger partial charge in [-0.1, -0.05) is 6.07 Å². The van der Waals surface area contributed by atoms with Gasteiger partial charge in [-0.15, -0.1) is 11.3 Å². The molecule has 1 aromatic heterocycles. The average molecular weight is 304 g/mol. The zero-order chi connectivity index (χ0) is 15.6. The van der Waals surface area contributed by atoms with Crippen LogP contribution in [0.25, 0.3) is 0 Å². The molecular formula is C14H12N2O4S. The number of hydrogen-bond donors (Lipinski definition) is 2. The second-order valence-electron chi connectivity index (χ2n) is 4.31. The Morgan fingerprint density at radius 3 is 2.67 bits per heavy atom. The number of nitriles is 1. The van der Waals surface area contributed by atoms with Crippen LogP contribution in [0.4, 0.5) is 0 Å². The Labute approximate surface area is 125 Å². The minimum absolute atomic E-state index is 0.0164. The van der Waals surface area contributed by atoms with E-state index in [4.69, 9.17) is 4.74 Å². The first kappa shape index (κ1) is 14.8. The van der Waals surface area contributed by atoms with Crippen molar-refractivity contribution < 1.29 is 19.4 Å². The molecule has 1 aromatic rings. The summed E-state index contributed by atoms with van der Waals surface area (Å²) in [4.78, 5) is 24.3. The number of ether oxygens (including phenoxy) is 1. The first-order valence-electron chi connectivity index (χ1n) is 5.98. The molecule has 0 saturated carbocycles. The molecule has 1 aliphatic heterocycles. The van der Waals surface area contributed by atoms with Crippen LogP contribution < -0.4 is 5.32 Å². The highest BCUT2D eigenvalue weighted by Crippen LogP contribution is 2.40. The van der Waals surface area contributed by atoms with Crippen LogP contribution in [0, 0.1) is 11.3 Å². The molecule has 21 heavy (non-hydrogen) atoms. The maximum Gasteiger partial charge on any atom is 0.337 e. The van der Waals surface area contributed by atoms with Gasteiger partial charge in [0, 0.05) is 10.6 Å². The van der Waals surface area contributed by atoms with E-state index in [9.17, 15) is 20.0 Å². The third-order valence-corrected chi connectivity index (χ3v) is 4.08. The van der Waals surface area contributed by atoms with E-state index in [0.717, 1.165) is 0 Å². The number of methoxy groups -OCH3 is 1. The topological polar surface area (TPSA) is 99.4 Å². The summed E-state index contributed by atoms with van der Waals surface area (Å²) in [5.74, 6) is -2.67. The van der Waals surface area contributed by atoms with Gasteiger partial charge in [0.2, 0.25) is 0 Å². The Balaban J connectivity index is 2.71. The van der Waals surface area contributed by atoms with Crippen molar-refractivity contribution in [3.05, 3.63) is 44.9 Å². The maximum absolute atomic E-state index is 12.0. The minimum Gasteiger partial charge on any atom is -0.478 e.